The summed E-state index contributed by atoms with van der Waals surface area (Å²) in [5.74, 6) is 0. The first kappa shape index (κ1) is 24.3. The lowest BCUT2D eigenvalue weighted by Crippen LogP contribution is -2.17. The van der Waals surface area contributed by atoms with Crippen LogP contribution in [0.2, 0.25) is 0 Å². The van der Waals surface area contributed by atoms with Gasteiger partial charge in [-0.05, 0) is 113 Å². The van der Waals surface area contributed by atoms with Crippen LogP contribution >= 0.6 is 31.9 Å². The first-order chi connectivity index (χ1) is 16.5. The molecule has 0 fully saturated rings. The van der Waals surface area contributed by atoms with E-state index in [-0.39, 0.29) is 10.8 Å². The molecule has 1 nitrogen and oxygen atoms in total. The third-order valence-corrected chi connectivity index (χ3v) is 8.38. The van der Waals surface area contributed by atoms with E-state index in [1.54, 1.807) is 0 Å². The third kappa shape index (κ3) is 4.61. The van der Waals surface area contributed by atoms with Crippen LogP contribution in [0.15, 0.2) is 93.9 Å². The molecule has 5 rings (SSSR count). The van der Waals surface area contributed by atoms with Gasteiger partial charge in [0.25, 0.3) is 0 Å². The molecule has 4 aromatic rings. The number of fused-ring (bicyclic) bond motifs is 1. The normalized spacial score (nSPS) is 15.6. The van der Waals surface area contributed by atoms with Gasteiger partial charge < -0.3 is 4.90 Å². The summed E-state index contributed by atoms with van der Waals surface area (Å²) in [7, 11) is 0. The molecule has 0 radical (unpaired) electrons. The summed E-state index contributed by atoms with van der Waals surface area (Å²) in [6, 6.07) is 31.0. The Morgan fingerprint density at radius 1 is 0.600 bits per heavy atom. The van der Waals surface area contributed by atoms with Crippen molar-refractivity contribution in [2.24, 2.45) is 0 Å². The van der Waals surface area contributed by atoms with Crippen molar-refractivity contribution >= 4 is 48.9 Å². The van der Waals surface area contributed by atoms with Crippen LogP contribution in [0, 0.1) is 6.92 Å². The smallest absolute Gasteiger partial charge is 0.0467 e. The Balaban J connectivity index is 1.65. The van der Waals surface area contributed by atoms with E-state index in [0.29, 0.717) is 0 Å². The van der Waals surface area contributed by atoms with Gasteiger partial charge in [-0.1, -0.05) is 83.8 Å². The number of anilines is 3. The molecule has 0 bridgehead atoms. The fraction of sp³-hybridized carbons (Fsp3) is 0.250. The first-order valence-electron chi connectivity index (χ1n) is 12.1. The van der Waals surface area contributed by atoms with Gasteiger partial charge >= 0.3 is 0 Å². The first-order valence-corrected chi connectivity index (χ1v) is 13.7. The maximum atomic E-state index is 3.59. The Kier molecular flexibility index (Phi) is 6.22. The van der Waals surface area contributed by atoms with Gasteiger partial charge in [0.15, 0.2) is 0 Å². The van der Waals surface area contributed by atoms with Crippen LogP contribution in [0.1, 0.15) is 50.8 Å². The highest BCUT2D eigenvalue weighted by Gasteiger charge is 2.41. The van der Waals surface area contributed by atoms with Crippen molar-refractivity contribution in [3.05, 3.63) is 111 Å². The number of rotatable bonds is 4. The fourth-order valence-electron chi connectivity index (χ4n) is 5.84. The second-order valence-electron chi connectivity index (χ2n) is 11.0. The lowest BCUT2D eigenvalue weighted by atomic mass is 9.82. The molecule has 0 aliphatic heterocycles. The SMILES string of the molecule is Cc1ccc(N(c2ccc(Br)cc2)c2ccc(Br)cc2)cc1-c1ccc2c(c1)C(C)(C)CC2(C)C. The Morgan fingerprint density at radius 2 is 1.11 bits per heavy atom. The van der Waals surface area contributed by atoms with E-state index in [2.05, 4.69) is 156 Å². The Bertz CT molecular complexity index is 1340. The zero-order valence-electron chi connectivity index (χ0n) is 21.0. The van der Waals surface area contributed by atoms with Gasteiger partial charge in [0.1, 0.15) is 0 Å². The molecular formula is C32H31Br2N. The molecule has 1 aliphatic carbocycles. The number of hydrogen-bond donors (Lipinski definition) is 0. The molecular weight excluding hydrogens is 558 g/mol. The van der Waals surface area contributed by atoms with Crippen molar-refractivity contribution in [3.8, 4) is 11.1 Å². The van der Waals surface area contributed by atoms with Crippen molar-refractivity contribution in [2.75, 3.05) is 4.90 Å². The summed E-state index contributed by atoms with van der Waals surface area (Å²) in [6.07, 6.45) is 1.18. The average Bonchev–Trinajstić information content (AvgIpc) is 3.00. The zero-order valence-corrected chi connectivity index (χ0v) is 24.2. The number of benzene rings is 4. The van der Waals surface area contributed by atoms with Crippen LogP contribution in [0.4, 0.5) is 17.1 Å². The minimum Gasteiger partial charge on any atom is -0.310 e. The molecule has 0 saturated heterocycles. The van der Waals surface area contributed by atoms with E-state index in [1.807, 2.05) is 0 Å². The molecule has 0 spiro atoms. The molecule has 178 valence electrons. The summed E-state index contributed by atoms with van der Waals surface area (Å²) in [5, 5.41) is 0. The number of nitrogens with zero attached hydrogens (tertiary/aromatic N) is 1. The standard InChI is InChI=1S/C32H31Br2N/c1-21-6-12-27(35(25-13-8-23(33)9-14-25)26-15-10-24(34)11-16-26)19-28(21)22-7-17-29-30(18-22)32(4,5)20-31(29,2)3/h6-19H,20H2,1-5H3. The maximum Gasteiger partial charge on any atom is 0.0467 e. The van der Waals surface area contributed by atoms with E-state index >= 15 is 0 Å². The Labute approximate surface area is 226 Å². The summed E-state index contributed by atoms with van der Waals surface area (Å²) in [5.41, 5.74) is 10.6. The monoisotopic (exact) mass is 587 g/mol. The third-order valence-electron chi connectivity index (χ3n) is 7.32. The number of halogens is 2. The highest BCUT2D eigenvalue weighted by atomic mass is 79.9. The second-order valence-corrected chi connectivity index (χ2v) is 12.8. The highest BCUT2D eigenvalue weighted by Crippen LogP contribution is 2.50. The van der Waals surface area contributed by atoms with Crippen LogP contribution in [-0.2, 0) is 10.8 Å². The predicted molar refractivity (Wildman–Crippen MR) is 157 cm³/mol. The minimum absolute atomic E-state index is 0.182. The second kappa shape index (κ2) is 8.94. The zero-order chi connectivity index (χ0) is 25.0. The van der Waals surface area contributed by atoms with Crippen molar-refractivity contribution in [1.29, 1.82) is 0 Å². The lowest BCUT2D eigenvalue weighted by Gasteiger charge is -2.27. The quantitative estimate of drug-likeness (QED) is 0.229. The van der Waals surface area contributed by atoms with Gasteiger partial charge in [0.05, 0.1) is 0 Å². The van der Waals surface area contributed by atoms with Crippen LogP contribution in [0.3, 0.4) is 0 Å². The fourth-order valence-corrected chi connectivity index (χ4v) is 6.37. The van der Waals surface area contributed by atoms with E-state index in [1.165, 1.54) is 34.2 Å². The van der Waals surface area contributed by atoms with Gasteiger partial charge in [-0.15, -0.1) is 0 Å². The molecule has 35 heavy (non-hydrogen) atoms. The molecule has 0 saturated carbocycles. The number of aryl methyl sites for hydroxylation is 1. The Morgan fingerprint density at radius 3 is 1.69 bits per heavy atom. The molecule has 0 atom stereocenters. The number of hydrogen-bond acceptors (Lipinski definition) is 1. The van der Waals surface area contributed by atoms with Crippen LogP contribution in [0.5, 0.6) is 0 Å². The predicted octanol–water partition coefficient (Wildman–Crippen LogP) is 10.6. The molecule has 1 aliphatic rings. The van der Waals surface area contributed by atoms with Gasteiger partial charge in [0.2, 0.25) is 0 Å². The summed E-state index contributed by atoms with van der Waals surface area (Å²) in [4.78, 5) is 2.32. The van der Waals surface area contributed by atoms with Gasteiger partial charge in [0, 0.05) is 26.0 Å². The van der Waals surface area contributed by atoms with Gasteiger partial charge in [-0.3, -0.25) is 0 Å². The molecule has 0 unspecified atom stereocenters. The molecule has 0 aromatic heterocycles. The van der Waals surface area contributed by atoms with E-state index < -0.39 is 0 Å². The topological polar surface area (TPSA) is 3.24 Å². The van der Waals surface area contributed by atoms with Crippen molar-refractivity contribution in [2.45, 2.75) is 51.9 Å². The van der Waals surface area contributed by atoms with Crippen LogP contribution < -0.4 is 4.90 Å². The van der Waals surface area contributed by atoms with E-state index in [9.17, 15) is 0 Å². The average molecular weight is 589 g/mol. The van der Waals surface area contributed by atoms with E-state index in [0.717, 1.165) is 26.0 Å². The molecule has 0 N–H and O–H groups in total. The van der Waals surface area contributed by atoms with Crippen molar-refractivity contribution in [3.63, 3.8) is 0 Å². The summed E-state index contributed by atoms with van der Waals surface area (Å²) < 4.78 is 2.15. The van der Waals surface area contributed by atoms with Crippen LogP contribution in [0.25, 0.3) is 11.1 Å². The van der Waals surface area contributed by atoms with Crippen molar-refractivity contribution in [1.82, 2.24) is 0 Å². The maximum absolute atomic E-state index is 3.59. The highest BCUT2D eigenvalue weighted by molar-refractivity contribution is 9.10. The minimum atomic E-state index is 0.182. The largest absolute Gasteiger partial charge is 0.310 e. The molecule has 0 heterocycles. The summed E-state index contributed by atoms with van der Waals surface area (Å²) >= 11 is 7.17. The van der Waals surface area contributed by atoms with Crippen molar-refractivity contribution < 1.29 is 0 Å². The van der Waals surface area contributed by atoms with Crippen LogP contribution in [-0.4, -0.2) is 0 Å². The Hall–Kier alpha value is -2.36. The molecule has 4 aromatic carbocycles. The molecule has 3 heteroatoms. The van der Waals surface area contributed by atoms with E-state index in [4.69, 9.17) is 0 Å². The van der Waals surface area contributed by atoms with Gasteiger partial charge in [-0.2, -0.15) is 0 Å². The summed E-state index contributed by atoms with van der Waals surface area (Å²) in [6.45, 7) is 11.7. The van der Waals surface area contributed by atoms with Gasteiger partial charge in [-0.25, -0.2) is 0 Å². The lowest BCUT2D eigenvalue weighted by molar-refractivity contribution is 0.403. The molecule has 0 amide bonds.